The minimum absolute atomic E-state index is 0.376. The van der Waals surface area contributed by atoms with Gasteiger partial charge in [-0.1, -0.05) is 13.8 Å². The van der Waals surface area contributed by atoms with Gasteiger partial charge < -0.3 is 0 Å². The summed E-state index contributed by atoms with van der Waals surface area (Å²) in [5.74, 6) is 0.751. The van der Waals surface area contributed by atoms with Crippen LogP contribution in [0.3, 0.4) is 0 Å². The Bertz CT molecular complexity index is 400. The van der Waals surface area contributed by atoms with Gasteiger partial charge in [0, 0.05) is 49.0 Å². The van der Waals surface area contributed by atoms with Gasteiger partial charge in [-0.15, -0.1) is 0 Å². The number of nitrogens with zero attached hydrogens (tertiary/aromatic N) is 4. The molecule has 4 heteroatoms. The van der Waals surface area contributed by atoms with Gasteiger partial charge in [0.05, 0.1) is 11.4 Å². The lowest BCUT2D eigenvalue weighted by Gasteiger charge is -2.15. The first-order valence-corrected chi connectivity index (χ1v) is 5.79. The van der Waals surface area contributed by atoms with Crippen LogP contribution in [0.5, 0.6) is 0 Å². The van der Waals surface area contributed by atoms with Crippen molar-refractivity contribution >= 4 is 0 Å². The molecule has 0 radical (unpaired) electrons. The number of hydrogen-bond donors (Lipinski definition) is 0. The molecule has 2 aromatic rings. The van der Waals surface area contributed by atoms with Crippen molar-refractivity contribution in [1.82, 2.24) is 19.9 Å². The molecule has 0 saturated heterocycles. The predicted octanol–water partition coefficient (Wildman–Crippen LogP) is 2.56. The zero-order chi connectivity index (χ0) is 12.1. The average Bonchev–Trinajstić information content (AvgIpc) is 2.40. The normalized spacial score (nSPS) is 14.2. The highest BCUT2D eigenvalue weighted by Gasteiger charge is 2.14. The molecule has 17 heavy (non-hydrogen) atoms. The van der Waals surface area contributed by atoms with E-state index in [1.54, 1.807) is 24.8 Å². The summed E-state index contributed by atoms with van der Waals surface area (Å²) in [4.78, 5) is 16.8. The van der Waals surface area contributed by atoms with Crippen molar-refractivity contribution in [3.05, 3.63) is 48.6 Å². The Labute approximate surface area is 101 Å². The van der Waals surface area contributed by atoms with Crippen molar-refractivity contribution < 1.29 is 0 Å². The highest BCUT2D eigenvalue weighted by Crippen LogP contribution is 2.26. The second-order valence-electron chi connectivity index (χ2n) is 4.30. The van der Waals surface area contributed by atoms with Crippen molar-refractivity contribution in [2.24, 2.45) is 0 Å². The standard InChI is InChI=1S/C13H16N4/c1-10(12-8-14-3-5-16-12)7-11(2)13-9-15-4-6-17-13/h3-6,8-11H,7H2,1-2H3. The molecular weight excluding hydrogens is 212 g/mol. The average molecular weight is 228 g/mol. The highest BCUT2D eigenvalue weighted by atomic mass is 14.8. The maximum atomic E-state index is 4.33. The van der Waals surface area contributed by atoms with E-state index in [1.807, 2.05) is 12.4 Å². The zero-order valence-corrected chi connectivity index (χ0v) is 10.1. The predicted molar refractivity (Wildman–Crippen MR) is 65.5 cm³/mol. The highest BCUT2D eigenvalue weighted by molar-refractivity contribution is 5.07. The Morgan fingerprint density at radius 2 is 1.29 bits per heavy atom. The van der Waals surface area contributed by atoms with Crippen molar-refractivity contribution in [2.45, 2.75) is 32.1 Å². The first-order valence-electron chi connectivity index (χ1n) is 5.79. The minimum Gasteiger partial charge on any atom is -0.261 e. The van der Waals surface area contributed by atoms with E-state index in [4.69, 9.17) is 0 Å². The SMILES string of the molecule is CC(CC(C)c1cnccn1)c1cnccn1. The molecule has 2 rings (SSSR count). The summed E-state index contributed by atoms with van der Waals surface area (Å²) in [6.45, 7) is 4.33. The first kappa shape index (κ1) is 11.6. The molecule has 0 bridgehead atoms. The van der Waals surface area contributed by atoms with E-state index in [0.717, 1.165) is 17.8 Å². The smallest absolute Gasteiger partial charge is 0.0615 e. The molecule has 0 aliphatic carbocycles. The van der Waals surface area contributed by atoms with Gasteiger partial charge in [0.1, 0.15) is 0 Å². The molecule has 0 amide bonds. The maximum Gasteiger partial charge on any atom is 0.0615 e. The molecule has 2 atom stereocenters. The molecule has 0 N–H and O–H groups in total. The van der Waals surface area contributed by atoms with E-state index < -0.39 is 0 Å². The van der Waals surface area contributed by atoms with Crippen molar-refractivity contribution in [2.75, 3.05) is 0 Å². The van der Waals surface area contributed by atoms with Crippen LogP contribution >= 0.6 is 0 Å². The van der Waals surface area contributed by atoms with Gasteiger partial charge in [-0.05, 0) is 6.42 Å². The van der Waals surface area contributed by atoms with Gasteiger partial charge in [-0.3, -0.25) is 19.9 Å². The lowest BCUT2D eigenvalue weighted by atomic mass is 9.93. The fourth-order valence-corrected chi connectivity index (χ4v) is 1.90. The first-order chi connectivity index (χ1) is 8.27. The minimum atomic E-state index is 0.376. The van der Waals surface area contributed by atoms with Gasteiger partial charge in [-0.25, -0.2) is 0 Å². The molecule has 0 saturated carbocycles. The Morgan fingerprint density at radius 3 is 1.65 bits per heavy atom. The van der Waals surface area contributed by atoms with Gasteiger partial charge in [0.15, 0.2) is 0 Å². The molecule has 0 aliphatic heterocycles. The fourth-order valence-electron chi connectivity index (χ4n) is 1.90. The van der Waals surface area contributed by atoms with Gasteiger partial charge in [0.2, 0.25) is 0 Å². The Morgan fingerprint density at radius 1 is 0.824 bits per heavy atom. The van der Waals surface area contributed by atoms with Crippen LogP contribution in [-0.2, 0) is 0 Å². The third-order valence-electron chi connectivity index (χ3n) is 2.88. The lowest BCUT2D eigenvalue weighted by Crippen LogP contribution is -2.04. The molecule has 0 spiro atoms. The number of rotatable bonds is 4. The quantitative estimate of drug-likeness (QED) is 0.807. The van der Waals surface area contributed by atoms with Crippen LogP contribution in [0.25, 0.3) is 0 Å². The van der Waals surface area contributed by atoms with Crippen LogP contribution in [0, 0.1) is 0 Å². The van der Waals surface area contributed by atoms with Crippen LogP contribution < -0.4 is 0 Å². The summed E-state index contributed by atoms with van der Waals surface area (Å²) in [7, 11) is 0. The third kappa shape index (κ3) is 3.06. The van der Waals surface area contributed by atoms with E-state index >= 15 is 0 Å². The topological polar surface area (TPSA) is 51.6 Å². The van der Waals surface area contributed by atoms with Gasteiger partial charge >= 0.3 is 0 Å². The molecule has 2 aromatic heterocycles. The lowest BCUT2D eigenvalue weighted by molar-refractivity contribution is 0.568. The summed E-state index contributed by atoms with van der Waals surface area (Å²) in [5.41, 5.74) is 2.06. The molecule has 4 nitrogen and oxygen atoms in total. The summed E-state index contributed by atoms with van der Waals surface area (Å²) in [5, 5.41) is 0. The second-order valence-corrected chi connectivity index (χ2v) is 4.30. The zero-order valence-electron chi connectivity index (χ0n) is 10.1. The second kappa shape index (κ2) is 5.48. The van der Waals surface area contributed by atoms with Crippen LogP contribution in [0.15, 0.2) is 37.2 Å². The van der Waals surface area contributed by atoms with Crippen molar-refractivity contribution in [3.8, 4) is 0 Å². The Kier molecular flexibility index (Phi) is 3.75. The van der Waals surface area contributed by atoms with Crippen LogP contribution in [-0.4, -0.2) is 19.9 Å². The Balaban J connectivity index is 2.02. The van der Waals surface area contributed by atoms with E-state index in [0.29, 0.717) is 11.8 Å². The number of aromatic nitrogens is 4. The molecule has 2 heterocycles. The largest absolute Gasteiger partial charge is 0.261 e. The third-order valence-corrected chi connectivity index (χ3v) is 2.88. The molecule has 88 valence electrons. The molecule has 2 unspecified atom stereocenters. The molecule has 0 aliphatic rings. The Hall–Kier alpha value is -1.84. The summed E-state index contributed by atoms with van der Waals surface area (Å²) in [6, 6.07) is 0. The summed E-state index contributed by atoms with van der Waals surface area (Å²) < 4.78 is 0. The van der Waals surface area contributed by atoms with Gasteiger partial charge in [-0.2, -0.15) is 0 Å². The summed E-state index contributed by atoms with van der Waals surface area (Å²) in [6.07, 6.45) is 11.5. The van der Waals surface area contributed by atoms with Crippen LogP contribution in [0.2, 0.25) is 0 Å². The van der Waals surface area contributed by atoms with E-state index in [2.05, 4.69) is 33.8 Å². The maximum absolute atomic E-state index is 4.33. The fraction of sp³-hybridized carbons (Fsp3) is 0.385. The van der Waals surface area contributed by atoms with E-state index in [9.17, 15) is 0 Å². The summed E-state index contributed by atoms with van der Waals surface area (Å²) >= 11 is 0. The molecule has 0 aromatic carbocycles. The number of hydrogen-bond acceptors (Lipinski definition) is 4. The monoisotopic (exact) mass is 228 g/mol. The van der Waals surface area contributed by atoms with Crippen LogP contribution in [0.4, 0.5) is 0 Å². The van der Waals surface area contributed by atoms with Crippen LogP contribution in [0.1, 0.15) is 43.5 Å². The van der Waals surface area contributed by atoms with Crippen molar-refractivity contribution in [1.29, 1.82) is 0 Å². The molecule has 0 fully saturated rings. The van der Waals surface area contributed by atoms with E-state index in [-0.39, 0.29) is 0 Å². The van der Waals surface area contributed by atoms with Gasteiger partial charge in [0.25, 0.3) is 0 Å². The van der Waals surface area contributed by atoms with Crippen molar-refractivity contribution in [3.63, 3.8) is 0 Å². The van der Waals surface area contributed by atoms with E-state index in [1.165, 1.54) is 0 Å². The molecular formula is C13H16N4.